The zero-order valence-electron chi connectivity index (χ0n) is 4.96. The highest BCUT2D eigenvalue weighted by Crippen LogP contribution is 1.93. The molecule has 0 radical (unpaired) electrons. The molecular formula is C6H8O3. The van der Waals surface area contributed by atoms with Gasteiger partial charge in [0.15, 0.2) is 0 Å². The molecule has 0 rings (SSSR count). The van der Waals surface area contributed by atoms with Crippen molar-refractivity contribution in [2.24, 2.45) is 0 Å². The van der Waals surface area contributed by atoms with Gasteiger partial charge in [0, 0.05) is 0 Å². The molecule has 0 amide bonds. The summed E-state index contributed by atoms with van der Waals surface area (Å²) in [5.74, 6) is -0.764. The Kier molecular flexibility index (Phi) is 3.20. The summed E-state index contributed by atoms with van der Waals surface area (Å²) >= 11 is 0. The smallest absolute Gasteiger partial charge is 0.318 e. The minimum atomic E-state index is -0.558. The summed E-state index contributed by atoms with van der Waals surface area (Å²) in [7, 11) is 0. The molecule has 0 aromatic heterocycles. The molecule has 1 N–H and O–H groups in total. The molecule has 0 saturated heterocycles. The summed E-state index contributed by atoms with van der Waals surface area (Å²) in [6.45, 7) is 6.25. The molecule has 0 saturated carbocycles. The van der Waals surface area contributed by atoms with Gasteiger partial charge >= 0.3 is 5.97 Å². The zero-order valence-corrected chi connectivity index (χ0v) is 4.96. The van der Waals surface area contributed by atoms with Crippen molar-refractivity contribution in [2.45, 2.75) is 6.42 Å². The van der Waals surface area contributed by atoms with E-state index in [0.717, 1.165) is 6.26 Å². The van der Waals surface area contributed by atoms with Gasteiger partial charge in [-0.25, -0.2) is 0 Å². The molecule has 0 unspecified atom stereocenters. The fourth-order valence-electron chi connectivity index (χ4n) is 0.301. The van der Waals surface area contributed by atoms with Crippen molar-refractivity contribution in [3.63, 3.8) is 0 Å². The van der Waals surface area contributed by atoms with E-state index in [-0.39, 0.29) is 12.2 Å². The second kappa shape index (κ2) is 3.72. The van der Waals surface area contributed by atoms with E-state index in [1.807, 2.05) is 0 Å². The van der Waals surface area contributed by atoms with Gasteiger partial charge in [0.05, 0.1) is 12.0 Å². The zero-order chi connectivity index (χ0) is 7.28. The Morgan fingerprint density at radius 1 is 1.78 bits per heavy atom. The maximum Gasteiger partial charge on any atom is 0.318 e. The van der Waals surface area contributed by atoms with Crippen molar-refractivity contribution >= 4 is 5.97 Å². The fourth-order valence-corrected chi connectivity index (χ4v) is 0.301. The highest BCUT2D eigenvalue weighted by molar-refractivity contribution is 5.72. The first-order valence-corrected chi connectivity index (χ1v) is 2.34. The Morgan fingerprint density at radius 3 is 2.67 bits per heavy atom. The molecule has 50 valence electrons. The minimum absolute atomic E-state index is 0.175. The number of rotatable bonds is 3. The first kappa shape index (κ1) is 7.75. The SMILES string of the molecule is C=COC(=O)CC(=C)O. The first-order chi connectivity index (χ1) is 4.16. The molecule has 0 fully saturated rings. The van der Waals surface area contributed by atoms with Crippen molar-refractivity contribution in [3.05, 3.63) is 25.2 Å². The van der Waals surface area contributed by atoms with Gasteiger partial charge in [0.2, 0.25) is 0 Å². The largest absolute Gasteiger partial charge is 0.512 e. The molecule has 0 heterocycles. The quantitative estimate of drug-likeness (QED) is 0.458. The maximum atomic E-state index is 10.3. The van der Waals surface area contributed by atoms with E-state index in [2.05, 4.69) is 17.9 Å². The lowest BCUT2D eigenvalue weighted by Gasteiger charge is -1.94. The number of hydrogen-bond acceptors (Lipinski definition) is 3. The fraction of sp³-hybridized carbons (Fsp3) is 0.167. The van der Waals surface area contributed by atoms with Crippen LogP contribution in [0.4, 0.5) is 0 Å². The van der Waals surface area contributed by atoms with Crippen LogP contribution in [0.3, 0.4) is 0 Å². The second-order valence-electron chi connectivity index (χ2n) is 1.40. The van der Waals surface area contributed by atoms with Crippen LogP contribution in [0.2, 0.25) is 0 Å². The molecule has 0 aliphatic carbocycles. The Hall–Kier alpha value is -1.25. The summed E-state index contributed by atoms with van der Waals surface area (Å²) in [6, 6.07) is 0. The van der Waals surface area contributed by atoms with Crippen molar-refractivity contribution in [3.8, 4) is 0 Å². The van der Waals surface area contributed by atoms with E-state index in [1.54, 1.807) is 0 Å². The van der Waals surface area contributed by atoms with Gasteiger partial charge < -0.3 is 9.84 Å². The molecule has 3 nitrogen and oxygen atoms in total. The lowest BCUT2D eigenvalue weighted by Crippen LogP contribution is -1.99. The van der Waals surface area contributed by atoms with Crippen molar-refractivity contribution in [1.82, 2.24) is 0 Å². The van der Waals surface area contributed by atoms with Crippen LogP contribution in [0.5, 0.6) is 0 Å². The third kappa shape index (κ3) is 4.61. The van der Waals surface area contributed by atoms with Gasteiger partial charge in [0.1, 0.15) is 6.42 Å². The number of carbonyl (C=O) groups is 1. The van der Waals surface area contributed by atoms with Crippen LogP contribution in [0, 0.1) is 0 Å². The Labute approximate surface area is 53.3 Å². The number of ether oxygens (including phenoxy) is 1. The van der Waals surface area contributed by atoms with E-state index >= 15 is 0 Å². The number of aliphatic hydroxyl groups is 1. The lowest BCUT2D eigenvalue weighted by atomic mass is 10.4. The minimum Gasteiger partial charge on any atom is -0.512 e. The van der Waals surface area contributed by atoms with E-state index in [4.69, 9.17) is 5.11 Å². The van der Waals surface area contributed by atoms with Gasteiger partial charge in [-0.05, 0) is 0 Å². The Bertz CT molecular complexity index is 137. The Balaban J connectivity index is 3.50. The maximum absolute atomic E-state index is 10.3. The average Bonchev–Trinajstić information content (AvgIpc) is 1.63. The van der Waals surface area contributed by atoms with Gasteiger partial charge in [-0.1, -0.05) is 13.2 Å². The third-order valence-electron chi connectivity index (χ3n) is 0.563. The van der Waals surface area contributed by atoms with Crippen molar-refractivity contribution < 1.29 is 14.6 Å². The molecule has 0 aliphatic rings. The molecule has 0 aromatic carbocycles. The molecule has 3 heteroatoms. The summed E-state index contributed by atoms with van der Waals surface area (Å²) in [4.78, 5) is 10.3. The van der Waals surface area contributed by atoms with E-state index in [0.29, 0.717) is 0 Å². The average molecular weight is 128 g/mol. The molecular weight excluding hydrogens is 120 g/mol. The number of hydrogen-bond donors (Lipinski definition) is 1. The Morgan fingerprint density at radius 2 is 2.33 bits per heavy atom. The molecule has 0 aromatic rings. The van der Waals surface area contributed by atoms with Gasteiger partial charge in [0.25, 0.3) is 0 Å². The number of carbonyl (C=O) groups excluding carboxylic acids is 1. The van der Waals surface area contributed by atoms with Crippen LogP contribution >= 0.6 is 0 Å². The van der Waals surface area contributed by atoms with Gasteiger partial charge in [-0.2, -0.15) is 0 Å². The number of aliphatic hydroxyl groups excluding tert-OH is 1. The van der Waals surface area contributed by atoms with Gasteiger partial charge in [-0.15, -0.1) is 0 Å². The molecule has 9 heavy (non-hydrogen) atoms. The summed E-state index contributed by atoms with van der Waals surface area (Å²) in [5.41, 5.74) is 0. The van der Waals surface area contributed by atoms with Crippen molar-refractivity contribution in [2.75, 3.05) is 0 Å². The summed E-state index contributed by atoms with van der Waals surface area (Å²) in [6.07, 6.45) is 0.831. The molecule has 0 aliphatic heterocycles. The van der Waals surface area contributed by atoms with Crippen LogP contribution in [0.15, 0.2) is 25.2 Å². The van der Waals surface area contributed by atoms with E-state index < -0.39 is 5.97 Å². The van der Waals surface area contributed by atoms with Gasteiger partial charge in [-0.3, -0.25) is 4.79 Å². The van der Waals surface area contributed by atoms with E-state index in [1.165, 1.54) is 0 Å². The monoisotopic (exact) mass is 128 g/mol. The van der Waals surface area contributed by atoms with E-state index in [9.17, 15) is 4.79 Å². The standard InChI is InChI=1S/C6H8O3/c1-3-9-6(8)4-5(2)7/h3,7H,1-2,4H2. The summed E-state index contributed by atoms with van der Waals surface area (Å²) < 4.78 is 4.26. The predicted octanol–water partition coefficient (Wildman–Crippen LogP) is 1.13. The van der Waals surface area contributed by atoms with Crippen molar-refractivity contribution in [1.29, 1.82) is 0 Å². The highest BCUT2D eigenvalue weighted by Gasteiger charge is 2.00. The molecule has 0 atom stereocenters. The molecule has 0 spiro atoms. The second-order valence-corrected chi connectivity index (χ2v) is 1.40. The predicted molar refractivity (Wildman–Crippen MR) is 32.7 cm³/mol. The van der Waals surface area contributed by atoms with Crippen LogP contribution < -0.4 is 0 Å². The highest BCUT2D eigenvalue weighted by atomic mass is 16.5. The lowest BCUT2D eigenvalue weighted by molar-refractivity contribution is -0.137. The number of esters is 1. The first-order valence-electron chi connectivity index (χ1n) is 2.34. The van der Waals surface area contributed by atoms with Crippen LogP contribution in [-0.2, 0) is 9.53 Å². The van der Waals surface area contributed by atoms with Crippen LogP contribution in [0.1, 0.15) is 6.42 Å². The summed E-state index contributed by atoms with van der Waals surface area (Å²) in [5, 5.41) is 8.42. The topological polar surface area (TPSA) is 46.5 Å². The normalized spacial score (nSPS) is 8.00. The van der Waals surface area contributed by atoms with Crippen LogP contribution in [-0.4, -0.2) is 11.1 Å². The third-order valence-corrected chi connectivity index (χ3v) is 0.563. The molecule has 0 bridgehead atoms. The van der Waals surface area contributed by atoms with Crippen LogP contribution in [0.25, 0.3) is 0 Å².